The van der Waals surface area contributed by atoms with Crippen LogP contribution in [0.25, 0.3) is 0 Å². The summed E-state index contributed by atoms with van der Waals surface area (Å²) in [6.45, 7) is 4.02. The largest absolute Gasteiger partial charge is 0.468 e. The van der Waals surface area contributed by atoms with Gasteiger partial charge in [0.15, 0.2) is 6.61 Å². The Morgan fingerprint density at radius 1 is 1.19 bits per heavy atom. The van der Waals surface area contributed by atoms with E-state index in [-0.39, 0.29) is 41.5 Å². The summed E-state index contributed by atoms with van der Waals surface area (Å²) < 4.78 is 68.7. The Morgan fingerprint density at radius 2 is 1.87 bits per heavy atom. The van der Waals surface area contributed by atoms with Gasteiger partial charge in [0.2, 0.25) is 15.9 Å². The monoisotopic (exact) mass is 459 g/mol. The standard InChI is InChI=1S/C20H24F3N3O4S/c1-4-26(5-2)31(28,29)16-9-8-14(3)17(11-16)18(27)25-12-15-7-6-10-24-19(15)30-13-20(21,22)23/h6-11H,4-5,12-13H2,1-3H3,(H,25,27). The molecular weight excluding hydrogens is 435 g/mol. The summed E-state index contributed by atoms with van der Waals surface area (Å²) in [5.41, 5.74) is 0.954. The van der Waals surface area contributed by atoms with E-state index in [1.165, 1.54) is 40.8 Å². The molecule has 0 atom stereocenters. The molecule has 11 heteroatoms. The lowest BCUT2D eigenvalue weighted by Gasteiger charge is -2.19. The van der Waals surface area contributed by atoms with E-state index in [4.69, 9.17) is 4.74 Å². The Morgan fingerprint density at radius 3 is 2.48 bits per heavy atom. The molecule has 170 valence electrons. The molecule has 7 nitrogen and oxygen atoms in total. The van der Waals surface area contributed by atoms with Gasteiger partial charge in [-0.2, -0.15) is 17.5 Å². The lowest BCUT2D eigenvalue weighted by Crippen LogP contribution is -2.31. The first kappa shape index (κ1) is 24.6. The molecule has 2 aromatic rings. The van der Waals surface area contributed by atoms with E-state index in [0.717, 1.165) is 0 Å². The van der Waals surface area contributed by atoms with Crippen LogP contribution in [-0.4, -0.2) is 49.5 Å². The predicted octanol–water partition coefficient (Wildman–Crippen LogP) is 3.29. The molecule has 0 radical (unpaired) electrons. The first-order valence-electron chi connectivity index (χ1n) is 9.52. The van der Waals surface area contributed by atoms with Crippen molar-refractivity contribution in [2.24, 2.45) is 0 Å². The molecule has 1 aromatic carbocycles. The molecular formula is C20H24F3N3O4S. The maximum atomic E-state index is 12.7. The zero-order valence-corrected chi connectivity index (χ0v) is 18.2. The zero-order chi connectivity index (χ0) is 23.2. The summed E-state index contributed by atoms with van der Waals surface area (Å²) in [5, 5.41) is 2.58. The topological polar surface area (TPSA) is 88.6 Å². The van der Waals surface area contributed by atoms with Gasteiger partial charge in [-0.1, -0.05) is 26.0 Å². The minimum Gasteiger partial charge on any atom is -0.468 e. The number of amides is 1. The van der Waals surface area contributed by atoms with Crippen molar-refractivity contribution in [2.45, 2.75) is 38.4 Å². The second kappa shape index (κ2) is 10.1. The minimum absolute atomic E-state index is 0.0115. The number of sulfonamides is 1. The summed E-state index contributed by atoms with van der Waals surface area (Å²) in [5.74, 6) is -0.811. The molecule has 0 saturated carbocycles. The van der Waals surface area contributed by atoms with Crippen LogP contribution in [0.1, 0.15) is 35.3 Å². The van der Waals surface area contributed by atoms with Gasteiger partial charge in [-0.05, 0) is 30.7 Å². The third-order valence-corrected chi connectivity index (χ3v) is 6.50. The smallest absolute Gasteiger partial charge is 0.422 e. The second-order valence-electron chi connectivity index (χ2n) is 6.62. The highest BCUT2D eigenvalue weighted by molar-refractivity contribution is 7.89. The van der Waals surface area contributed by atoms with Crippen LogP contribution in [0, 0.1) is 6.92 Å². The fraction of sp³-hybridized carbons (Fsp3) is 0.400. The number of aromatic nitrogens is 1. The van der Waals surface area contributed by atoms with E-state index < -0.39 is 28.7 Å². The summed E-state index contributed by atoms with van der Waals surface area (Å²) in [6, 6.07) is 7.25. The third-order valence-electron chi connectivity index (χ3n) is 4.46. The molecule has 1 heterocycles. The van der Waals surface area contributed by atoms with Crippen LogP contribution in [0.2, 0.25) is 0 Å². The van der Waals surface area contributed by atoms with Crippen molar-refractivity contribution in [3.63, 3.8) is 0 Å². The first-order chi connectivity index (χ1) is 14.5. The molecule has 0 saturated heterocycles. The van der Waals surface area contributed by atoms with Crippen LogP contribution in [0.15, 0.2) is 41.4 Å². The van der Waals surface area contributed by atoms with Crippen LogP contribution in [-0.2, 0) is 16.6 Å². The van der Waals surface area contributed by atoms with Crippen LogP contribution in [0.3, 0.4) is 0 Å². The van der Waals surface area contributed by atoms with Crippen LogP contribution in [0.4, 0.5) is 13.2 Å². The van der Waals surface area contributed by atoms with Crippen LogP contribution >= 0.6 is 0 Å². The summed E-state index contributed by atoms with van der Waals surface area (Å²) in [4.78, 5) is 16.5. The van der Waals surface area contributed by atoms with Gasteiger partial charge < -0.3 is 10.1 Å². The minimum atomic E-state index is -4.52. The van der Waals surface area contributed by atoms with Crippen LogP contribution in [0.5, 0.6) is 5.88 Å². The summed E-state index contributed by atoms with van der Waals surface area (Å²) >= 11 is 0. The van der Waals surface area contributed by atoms with Crippen molar-refractivity contribution in [3.8, 4) is 5.88 Å². The van der Waals surface area contributed by atoms with Crippen molar-refractivity contribution in [1.82, 2.24) is 14.6 Å². The number of hydrogen-bond donors (Lipinski definition) is 1. The molecule has 0 spiro atoms. The number of carbonyl (C=O) groups excluding carboxylic acids is 1. The lowest BCUT2D eigenvalue weighted by atomic mass is 10.1. The van der Waals surface area contributed by atoms with E-state index in [0.29, 0.717) is 5.56 Å². The third kappa shape index (κ3) is 6.41. The molecule has 0 aliphatic carbocycles. The molecule has 0 unspecified atom stereocenters. The lowest BCUT2D eigenvalue weighted by molar-refractivity contribution is -0.154. The number of carbonyl (C=O) groups is 1. The van der Waals surface area contributed by atoms with Crippen molar-refractivity contribution < 1.29 is 31.1 Å². The molecule has 0 fully saturated rings. The number of alkyl halides is 3. The van der Waals surface area contributed by atoms with E-state index in [1.54, 1.807) is 20.8 Å². The van der Waals surface area contributed by atoms with E-state index >= 15 is 0 Å². The molecule has 0 aliphatic heterocycles. The van der Waals surface area contributed by atoms with Gasteiger partial charge in [0, 0.05) is 37.0 Å². The highest BCUT2D eigenvalue weighted by Gasteiger charge is 2.29. The number of ether oxygens (including phenoxy) is 1. The van der Waals surface area contributed by atoms with Crippen molar-refractivity contribution in [3.05, 3.63) is 53.2 Å². The SMILES string of the molecule is CCN(CC)S(=O)(=O)c1ccc(C)c(C(=O)NCc2cccnc2OCC(F)(F)F)c1. The Bertz CT molecular complexity index is 1020. The Kier molecular flexibility index (Phi) is 8.02. The van der Waals surface area contributed by atoms with Gasteiger partial charge >= 0.3 is 6.18 Å². The second-order valence-corrected chi connectivity index (χ2v) is 8.56. The summed E-state index contributed by atoms with van der Waals surface area (Å²) in [7, 11) is -3.75. The first-order valence-corrected chi connectivity index (χ1v) is 11.0. The highest BCUT2D eigenvalue weighted by Crippen LogP contribution is 2.22. The number of aryl methyl sites for hydroxylation is 1. The number of nitrogens with one attached hydrogen (secondary N) is 1. The van der Waals surface area contributed by atoms with Gasteiger partial charge in [-0.25, -0.2) is 13.4 Å². The number of rotatable bonds is 9. The van der Waals surface area contributed by atoms with Gasteiger partial charge in [0.25, 0.3) is 5.91 Å². The molecule has 0 aliphatic rings. The van der Waals surface area contributed by atoms with Crippen molar-refractivity contribution in [2.75, 3.05) is 19.7 Å². The van der Waals surface area contributed by atoms with Crippen molar-refractivity contribution >= 4 is 15.9 Å². The van der Waals surface area contributed by atoms with Gasteiger partial charge in [-0.15, -0.1) is 0 Å². The maximum Gasteiger partial charge on any atom is 0.422 e. The Labute approximate surface area is 179 Å². The number of nitrogens with zero attached hydrogens (tertiary/aromatic N) is 2. The summed E-state index contributed by atoms with van der Waals surface area (Å²) in [6.07, 6.45) is -3.24. The average molecular weight is 459 g/mol. The van der Waals surface area contributed by atoms with Gasteiger partial charge in [0.05, 0.1) is 4.90 Å². The molecule has 31 heavy (non-hydrogen) atoms. The van der Waals surface area contributed by atoms with E-state index in [1.807, 2.05) is 0 Å². The van der Waals surface area contributed by atoms with Gasteiger partial charge in [-0.3, -0.25) is 4.79 Å². The quantitative estimate of drug-likeness (QED) is 0.622. The average Bonchev–Trinajstić information content (AvgIpc) is 2.71. The number of benzene rings is 1. The molecule has 0 bridgehead atoms. The molecule has 1 N–H and O–H groups in total. The number of pyridine rings is 1. The van der Waals surface area contributed by atoms with Crippen molar-refractivity contribution in [1.29, 1.82) is 0 Å². The molecule has 1 amide bonds. The molecule has 2 rings (SSSR count). The van der Waals surface area contributed by atoms with Crippen LogP contribution < -0.4 is 10.1 Å². The maximum absolute atomic E-state index is 12.7. The van der Waals surface area contributed by atoms with E-state index in [2.05, 4.69) is 10.3 Å². The highest BCUT2D eigenvalue weighted by atomic mass is 32.2. The predicted molar refractivity (Wildman–Crippen MR) is 108 cm³/mol. The van der Waals surface area contributed by atoms with E-state index in [9.17, 15) is 26.4 Å². The Balaban J connectivity index is 2.21. The molecule has 1 aromatic heterocycles. The number of hydrogen-bond acceptors (Lipinski definition) is 5. The fourth-order valence-corrected chi connectivity index (χ4v) is 4.31. The van der Waals surface area contributed by atoms with Gasteiger partial charge in [0.1, 0.15) is 0 Å². The fourth-order valence-electron chi connectivity index (χ4n) is 2.83. The zero-order valence-electron chi connectivity index (χ0n) is 17.4. The Hall–Kier alpha value is -2.66. The normalized spacial score (nSPS) is 12.1. The number of halogens is 3.